The summed E-state index contributed by atoms with van der Waals surface area (Å²) in [5.41, 5.74) is -1.45. The molecule has 2 rings (SSSR count). The zero-order valence-corrected chi connectivity index (χ0v) is 12.7. The number of alkyl halides is 3. The molecule has 3 nitrogen and oxygen atoms in total. The van der Waals surface area contributed by atoms with Crippen LogP contribution in [0.4, 0.5) is 33.3 Å². The van der Waals surface area contributed by atoms with E-state index < -0.39 is 34.8 Å². The van der Waals surface area contributed by atoms with Crippen LogP contribution < -0.4 is 10.2 Å². The minimum Gasteiger partial charge on any atom is -0.376 e. The van der Waals surface area contributed by atoms with E-state index in [1.54, 1.807) is 14.1 Å². The highest BCUT2D eigenvalue weighted by Crippen LogP contribution is 2.35. The van der Waals surface area contributed by atoms with Crippen LogP contribution in [0, 0.1) is 11.6 Å². The highest BCUT2D eigenvalue weighted by molar-refractivity contribution is 6.06. The molecule has 1 N–H and O–H groups in total. The molecule has 0 spiro atoms. The number of nitrogens with one attached hydrogen (secondary N) is 1. The maximum absolute atomic E-state index is 13.7. The lowest BCUT2D eigenvalue weighted by Crippen LogP contribution is -2.19. The lowest BCUT2D eigenvalue weighted by Gasteiger charge is -2.20. The van der Waals surface area contributed by atoms with Gasteiger partial charge in [0.1, 0.15) is 0 Å². The third-order valence-electron chi connectivity index (χ3n) is 3.25. The third kappa shape index (κ3) is 3.64. The summed E-state index contributed by atoms with van der Waals surface area (Å²) < 4.78 is 65.4. The molecule has 0 heterocycles. The molecule has 0 bridgehead atoms. The quantitative estimate of drug-likeness (QED) is 0.842. The van der Waals surface area contributed by atoms with Crippen molar-refractivity contribution < 1.29 is 26.7 Å². The first-order valence-corrected chi connectivity index (χ1v) is 6.75. The average Bonchev–Trinajstić information content (AvgIpc) is 2.48. The highest BCUT2D eigenvalue weighted by atomic mass is 19.4. The van der Waals surface area contributed by atoms with Crippen molar-refractivity contribution in [2.75, 3.05) is 24.3 Å². The second-order valence-electron chi connectivity index (χ2n) is 5.18. The van der Waals surface area contributed by atoms with Crippen molar-refractivity contribution in [3.8, 4) is 0 Å². The molecule has 0 aromatic heterocycles. The number of rotatable bonds is 3. The minimum absolute atomic E-state index is 0.163. The van der Waals surface area contributed by atoms with Gasteiger partial charge in [0.25, 0.3) is 5.91 Å². The van der Waals surface area contributed by atoms with Gasteiger partial charge in [-0.3, -0.25) is 4.79 Å². The number of anilines is 2. The summed E-state index contributed by atoms with van der Waals surface area (Å²) in [6.07, 6.45) is -4.60. The number of nitrogens with zero attached hydrogens (tertiary/aromatic N) is 1. The van der Waals surface area contributed by atoms with Gasteiger partial charge in [0.05, 0.1) is 22.5 Å². The number of carbonyl (C=O) groups excluding carboxylic acids is 1. The SMILES string of the molecule is CN(C)c1ccc(C(F)(F)F)cc1NC(=O)c1cccc(F)c1F. The topological polar surface area (TPSA) is 32.3 Å². The molecule has 0 aliphatic heterocycles. The number of hydrogen-bond acceptors (Lipinski definition) is 2. The van der Waals surface area contributed by atoms with Gasteiger partial charge < -0.3 is 10.2 Å². The first kappa shape index (κ1) is 17.7. The van der Waals surface area contributed by atoms with Crippen LogP contribution in [-0.4, -0.2) is 20.0 Å². The molecule has 0 saturated carbocycles. The van der Waals surface area contributed by atoms with Crippen LogP contribution in [0.3, 0.4) is 0 Å². The standard InChI is InChI=1S/C16H13F5N2O/c1-23(2)13-7-6-9(16(19,20)21)8-12(13)22-15(24)10-4-3-5-11(17)14(10)18/h3-8H,1-2H3,(H,22,24). The smallest absolute Gasteiger partial charge is 0.376 e. The lowest BCUT2D eigenvalue weighted by molar-refractivity contribution is -0.137. The van der Waals surface area contributed by atoms with E-state index in [9.17, 15) is 26.7 Å². The molecule has 24 heavy (non-hydrogen) atoms. The lowest BCUT2D eigenvalue weighted by atomic mass is 10.1. The fourth-order valence-electron chi connectivity index (χ4n) is 2.07. The van der Waals surface area contributed by atoms with E-state index in [-0.39, 0.29) is 11.4 Å². The van der Waals surface area contributed by atoms with Crippen LogP contribution in [0.15, 0.2) is 36.4 Å². The molecule has 1 amide bonds. The normalized spacial score (nSPS) is 11.3. The molecule has 128 valence electrons. The van der Waals surface area contributed by atoms with Crippen molar-refractivity contribution in [3.63, 3.8) is 0 Å². The van der Waals surface area contributed by atoms with Gasteiger partial charge in [-0.25, -0.2) is 8.78 Å². The zero-order chi connectivity index (χ0) is 18.1. The maximum atomic E-state index is 13.7. The Morgan fingerprint density at radius 3 is 2.33 bits per heavy atom. The second-order valence-corrected chi connectivity index (χ2v) is 5.18. The Bertz CT molecular complexity index is 772. The van der Waals surface area contributed by atoms with Gasteiger partial charge in [0.2, 0.25) is 0 Å². The largest absolute Gasteiger partial charge is 0.416 e. The predicted octanol–water partition coefficient (Wildman–Crippen LogP) is 4.30. The second kappa shape index (κ2) is 6.46. The van der Waals surface area contributed by atoms with Crippen LogP contribution in [0.1, 0.15) is 15.9 Å². The van der Waals surface area contributed by atoms with Crippen molar-refractivity contribution in [1.82, 2.24) is 0 Å². The van der Waals surface area contributed by atoms with Crippen molar-refractivity contribution in [2.45, 2.75) is 6.18 Å². The Hall–Kier alpha value is -2.64. The Morgan fingerprint density at radius 2 is 1.75 bits per heavy atom. The molecule has 8 heteroatoms. The predicted molar refractivity (Wildman–Crippen MR) is 80.1 cm³/mol. The molecule has 0 aliphatic rings. The van der Waals surface area contributed by atoms with E-state index in [1.807, 2.05) is 0 Å². The van der Waals surface area contributed by atoms with Gasteiger partial charge in [0, 0.05) is 14.1 Å². The van der Waals surface area contributed by atoms with Crippen LogP contribution in [0.5, 0.6) is 0 Å². The Morgan fingerprint density at radius 1 is 1.08 bits per heavy atom. The van der Waals surface area contributed by atoms with Gasteiger partial charge in [-0.05, 0) is 30.3 Å². The van der Waals surface area contributed by atoms with Crippen LogP contribution in [0.25, 0.3) is 0 Å². The number of benzene rings is 2. The summed E-state index contributed by atoms with van der Waals surface area (Å²) in [7, 11) is 3.14. The number of halogens is 5. The Kier molecular flexibility index (Phi) is 4.77. The van der Waals surface area contributed by atoms with E-state index in [0.29, 0.717) is 0 Å². The summed E-state index contributed by atoms with van der Waals surface area (Å²) in [5.74, 6) is -3.64. The number of amides is 1. The van der Waals surface area contributed by atoms with E-state index in [4.69, 9.17) is 0 Å². The number of hydrogen-bond donors (Lipinski definition) is 1. The zero-order valence-electron chi connectivity index (χ0n) is 12.7. The van der Waals surface area contributed by atoms with Crippen molar-refractivity contribution in [3.05, 3.63) is 59.2 Å². The van der Waals surface area contributed by atoms with E-state index in [1.165, 1.54) is 11.0 Å². The molecule has 0 saturated heterocycles. The summed E-state index contributed by atoms with van der Waals surface area (Å²) in [6.45, 7) is 0. The fourth-order valence-corrected chi connectivity index (χ4v) is 2.07. The highest BCUT2D eigenvalue weighted by Gasteiger charge is 2.31. The van der Waals surface area contributed by atoms with Crippen molar-refractivity contribution >= 4 is 17.3 Å². The average molecular weight is 344 g/mol. The summed E-state index contributed by atoms with van der Waals surface area (Å²) >= 11 is 0. The van der Waals surface area contributed by atoms with Gasteiger partial charge in [0.15, 0.2) is 11.6 Å². The molecule has 0 aliphatic carbocycles. The summed E-state index contributed by atoms with van der Waals surface area (Å²) in [5, 5.41) is 2.20. The Balaban J connectivity index is 2.43. The number of carbonyl (C=O) groups is 1. The van der Waals surface area contributed by atoms with Gasteiger partial charge >= 0.3 is 6.18 Å². The molecular formula is C16H13F5N2O. The Labute approximate surface area is 134 Å². The summed E-state index contributed by atoms with van der Waals surface area (Å²) in [6, 6.07) is 5.79. The molecule has 2 aromatic rings. The van der Waals surface area contributed by atoms with Crippen LogP contribution in [0.2, 0.25) is 0 Å². The molecule has 0 fully saturated rings. The van der Waals surface area contributed by atoms with Crippen molar-refractivity contribution in [2.24, 2.45) is 0 Å². The van der Waals surface area contributed by atoms with Gasteiger partial charge in [-0.2, -0.15) is 13.2 Å². The monoisotopic (exact) mass is 344 g/mol. The van der Waals surface area contributed by atoms with Crippen LogP contribution in [-0.2, 0) is 6.18 Å². The molecule has 0 unspecified atom stereocenters. The molecule has 0 radical (unpaired) electrons. The molecule has 2 aromatic carbocycles. The van der Waals surface area contributed by atoms with E-state index >= 15 is 0 Å². The van der Waals surface area contributed by atoms with Gasteiger partial charge in [-0.15, -0.1) is 0 Å². The maximum Gasteiger partial charge on any atom is 0.416 e. The first-order chi connectivity index (χ1) is 11.1. The third-order valence-corrected chi connectivity index (χ3v) is 3.25. The van der Waals surface area contributed by atoms with E-state index in [2.05, 4.69) is 5.32 Å². The summed E-state index contributed by atoms with van der Waals surface area (Å²) in [4.78, 5) is 13.6. The molecular weight excluding hydrogens is 331 g/mol. The first-order valence-electron chi connectivity index (χ1n) is 6.75. The molecule has 0 atom stereocenters. The van der Waals surface area contributed by atoms with E-state index in [0.717, 1.165) is 30.3 Å². The fraction of sp³-hybridized carbons (Fsp3) is 0.188. The van der Waals surface area contributed by atoms with Crippen LogP contribution >= 0.6 is 0 Å². The van der Waals surface area contributed by atoms with Gasteiger partial charge in [-0.1, -0.05) is 6.07 Å². The minimum atomic E-state index is -4.60. The van der Waals surface area contributed by atoms with Crippen molar-refractivity contribution in [1.29, 1.82) is 0 Å².